The molecular weight excluding hydrogens is 294 g/mol. The Morgan fingerprint density at radius 3 is 3.00 bits per heavy atom. The molecule has 1 aromatic heterocycles. The van der Waals surface area contributed by atoms with Crippen LogP contribution in [0, 0.1) is 0 Å². The van der Waals surface area contributed by atoms with E-state index < -0.39 is 0 Å². The second-order valence-electron chi connectivity index (χ2n) is 3.98. The van der Waals surface area contributed by atoms with Crippen LogP contribution in [0.5, 0.6) is 0 Å². The summed E-state index contributed by atoms with van der Waals surface area (Å²) in [6, 6.07) is 8.31. The highest BCUT2D eigenvalue weighted by Crippen LogP contribution is 2.23. The van der Waals surface area contributed by atoms with E-state index in [-0.39, 0.29) is 0 Å². The van der Waals surface area contributed by atoms with Crippen LogP contribution in [0.3, 0.4) is 0 Å². The van der Waals surface area contributed by atoms with Crippen molar-refractivity contribution < 1.29 is 9.53 Å². The van der Waals surface area contributed by atoms with Crippen LogP contribution in [0.15, 0.2) is 40.9 Å². The minimum absolute atomic E-state index is 0.448. The zero-order valence-electron chi connectivity index (χ0n) is 10.1. The molecule has 0 aliphatic heterocycles. The SMILES string of the molecule is Cn1c(COC/C=C/C=O)cc2cc(Br)ccc21. The molecule has 94 valence electrons. The lowest BCUT2D eigenvalue weighted by Crippen LogP contribution is -1.99. The Labute approximate surface area is 114 Å². The van der Waals surface area contributed by atoms with Crippen LogP contribution >= 0.6 is 15.9 Å². The van der Waals surface area contributed by atoms with Gasteiger partial charge in [-0.25, -0.2) is 0 Å². The van der Waals surface area contributed by atoms with Gasteiger partial charge in [0.15, 0.2) is 0 Å². The van der Waals surface area contributed by atoms with Crippen molar-refractivity contribution in [3.05, 3.63) is 46.6 Å². The molecule has 0 amide bonds. The minimum atomic E-state index is 0.448. The third-order valence-electron chi connectivity index (χ3n) is 2.78. The molecule has 3 nitrogen and oxygen atoms in total. The van der Waals surface area contributed by atoms with E-state index in [0.29, 0.717) is 13.2 Å². The van der Waals surface area contributed by atoms with Crippen molar-refractivity contribution in [1.29, 1.82) is 0 Å². The maximum Gasteiger partial charge on any atom is 0.142 e. The highest BCUT2D eigenvalue weighted by Gasteiger charge is 2.05. The van der Waals surface area contributed by atoms with Crippen molar-refractivity contribution in [3.63, 3.8) is 0 Å². The standard InChI is InChI=1S/C14H14BrNO2/c1-16-13(10-18-7-3-2-6-17)9-11-8-12(15)4-5-14(11)16/h2-6,8-9H,7,10H2,1H3/b3-2+. The molecule has 0 atom stereocenters. The zero-order valence-corrected chi connectivity index (χ0v) is 11.7. The van der Waals surface area contributed by atoms with Gasteiger partial charge < -0.3 is 9.30 Å². The number of carbonyl (C=O) groups is 1. The lowest BCUT2D eigenvalue weighted by atomic mass is 10.2. The second-order valence-corrected chi connectivity index (χ2v) is 4.89. The number of halogens is 1. The van der Waals surface area contributed by atoms with Gasteiger partial charge in [0.25, 0.3) is 0 Å². The summed E-state index contributed by atoms with van der Waals surface area (Å²) in [7, 11) is 2.02. The molecule has 0 bridgehead atoms. The number of hydrogen-bond acceptors (Lipinski definition) is 2. The third kappa shape index (κ3) is 2.89. The fraction of sp³-hybridized carbons (Fsp3) is 0.214. The van der Waals surface area contributed by atoms with Crippen molar-refractivity contribution in [1.82, 2.24) is 4.57 Å². The number of nitrogens with zero attached hydrogens (tertiary/aromatic N) is 1. The van der Waals surface area contributed by atoms with Gasteiger partial charge in [-0.3, -0.25) is 4.79 Å². The van der Waals surface area contributed by atoms with Gasteiger partial charge in [0.05, 0.1) is 13.2 Å². The summed E-state index contributed by atoms with van der Waals surface area (Å²) in [4.78, 5) is 10.1. The molecule has 0 N–H and O–H groups in total. The maximum atomic E-state index is 10.1. The second kappa shape index (κ2) is 5.98. The molecule has 1 aromatic carbocycles. The maximum absolute atomic E-state index is 10.1. The number of carbonyl (C=O) groups excluding carboxylic acids is 1. The lowest BCUT2D eigenvalue weighted by molar-refractivity contribution is -0.104. The van der Waals surface area contributed by atoms with Crippen molar-refractivity contribution in [2.45, 2.75) is 6.61 Å². The molecular formula is C14H14BrNO2. The molecule has 0 spiro atoms. The Bertz CT molecular complexity index is 587. The summed E-state index contributed by atoms with van der Waals surface area (Å²) in [5, 5.41) is 1.19. The molecule has 2 aromatic rings. The Balaban J connectivity index is 2.11. The summed E-state index contributed by atoms with van der Waals surface area (Å²) in [6.07, 6.45) is 3.89. The summed E-state index contributed by atoms with van der Waals surface area (Å²) in [5.74, 6) is 0. The van der Waals surface area contributed by atoms with Gasteiger partial charge >= 0.3 is 0 Å². The fourth-order valence-electron chi connectivity index (χ4n) is 1.86. The average Bonchev–Trinajstić information content (AvgIpc) is 2.65. The number of benzene rings is 1. The highest BCUT2D eigenvalue weighted by atomic mass is 79.9. The van der Waals surface area contributed by atoms with Crippen LogP contribution in [0.1, 0.15) is 5.69 Å². The van der Waals surface area contributed by atoms with Crippen molar-refractivity contribution in [2.75, 3.05) is 6.61 Å². The van der Waals surface area contributed by atoms with Crippen molar-refractivity contribution in [2.24, 2.45) is 7.05 Å². The molecule has 0 radical (unpaired) electrons. The third-order valence-corrected chi connectivity index (χ3v) is 3.28. The van der Waals surface area contributed by atoms with Crippen LogP contribution in [0.25, 0.3) is 10.9 Å². The van der Waals surface area contributed by atoms with E-state index in [4.69, 9.17) is 4.74 Å². The molecule has 2 rings (SSSR count). The van der Waals surface area contributed by atoms with Gasteiger partial charge in [-0.15, -0.1) is 0 Å². The van der Waals surface area contributed by atoms with Gasteiger partial charge in [0.2, 0.25) is 0 Å². The monoisotopic (exact) mass is 307 g/mol. The van der Waals surface area contributed by atoms with Crippen LogP contribution in [0.4, 0.5) is 0 Å². The zero-order chi connectivity index (χ0) is 13.0. The Hall–Kier alpha value is -1.39. The number of allylic oxidation sites excluding steroid dienone is 1. The molecule has 0 fully saturated rings. The smallest absolute Gasteiger partial charge is 0.142 e. The molecule has 1 heterocycles. The highest BCUT2D eigenvalue weighted by molar-refractivity contribution is 9.10. The largest absolute Gasteiger partial charge is 0.371 e. The van der Waals surface area contributed by atoms with E-state index in [1.165, 1.54) is 17.0 Å². The van der Waals surface area contributed by atoms with Gasteiger partial charge in [0, 0.05) is 28.1 Å². The van der Waals surface area contributed by atoms with Crippen LogP contribution in [0.2, 0.25) is 0 Å². The summed E-state index contributed by atoms with van der Waals surface area (Å²) in [6.45, 7) is 0.982. The number of aromatic nitrogens is 1. The molecule has 0 unspecified atom stereocenters. The van der Waals surface area contributed by atoms with Gasteiger partial charge in [-0.2, -0.15) is 0 Å². The first kappa shape index (κ1) is 13.1. The predicted molar refractivity (Wildman–Crippen MR) is 75.5 cm³/mol. The number of fused-ring (bicyclic) bond motifs is 1. The Kier molecular flexibility index (Phi) is 4.33. The van der Waals surface area contributed by atoms with Crippen LogP contribution < -0.4 is 0 Å². The first-order chi connectivity index (χ1) is 8.72. The van der Waals surface area contributed by atoms with E-state index in [1.807, 2.05) is 13.1 Å². The molecule has 0 saturated carbocycles. The van der Waals surface area contributed by atoms with Crippen LogP contribution in [-0.2, 0) is 23.2 Å². The summed E-state index contributed by atoms with van der Waals surface area (Å²) < 4.78 is 8.67. The number of ether oxygens (including phenoxy) is 1. The molecule has 0 aliphatic carbocycles. The van der Waals surface area contributed by atoms with Crippen molar-refractivity contribution >= 4 is 33.1 Å². The number of hydrogen-bond donors (Lipinski definition) is 0. The van der Waals surface area contributed by atoms with Crippen molar-refractivity contribution in [3.8, 4) is 0 Å². The Morgan fingerprint density at radius 2 is 2.22 bits per heavy atom. The molecule has 0 saturated heterocycles. The Morgan fingerprint density at radius 1 is 1.39 bits per heavy atom. The van der Waals surface area contributed by atoms with E-state index in [1.54, 1.807) is 6.08 Å². The predicted octanol–water partition coefficient (Wildman–Crippen LogP) is 3.21. The molecule has 4 heteroatoms. The first-order valence-corrected chi connectivity index (χ1v) is 6.43. The minimum Gasteiger partial charge on any atom is -0.371 e. The number of aldehydes is 1. The van der Waals surface area contributed by atoms with Gasteiger partial charge in [0.1, 0.15) is 6.29 Å². The molecule has 0 aliphatic rings. The lowest BCUT2D eigenvalue weighted by Gasteiger charge is -2.04. The normalized spacial score (nSPS) is 11.4. The van der Waals surface area contributed by atoms with Gasteiger partial charge in [-0.1, -0.05) is 22.0 Å². The van der Waals surface area contributed by atoms with E-state index >= 15 is 0 Å². The van der Waals surface area contributed by atoms with E-state index in [9.17, 15) is 4.79 Å². The van der Waals surface area contributed by atoms with E-state index in [2.05, 4.69) is 38.7 Å². The summed E-state index contributed by atoms with van der Waals surface area (Å²) in [5.41, 5.74) is 2.29. The average molecular weight is 308 g/mol. The fourth-order valence-corrected chi connectivity index (χ4v) is 2.24. The quantitative estimate of drug-likeness (QED) is 0.482. The van der Waals surface area contributed by atoms with Gasteiger partial charge in [-0.05, 0) is 30.3 Å². The topological polar surface area (TPSA) is 31.2 Å². The first-order valence-electron chi connectivity index (χ1n) is 5.64. The number of aryl methyl sites for hydroxylation is 1. The van der Waals surface area contributed by atoms with E-state index in [0.717, 1.165) is 16.5 Å². The summed E-state index contributed by atoms with van der Waals surface area (Å²) >= 11 is 3.46. The van der Waals surface area contributed by atoms with Crippen LogP contribution in [-0.4, -0.2) is 17.5 Å². The molecule has 18 heavy (non-hydrogen) atoms. The number of rotatable bonds is 5.